The van der Waals surface area contributed by atoms with Crippen LogP contribution in [0.2, 0.25) is 0 Å². The molecule has 1 atom stereocenters. The van der Waals surface area contributed by atoms with Crippen LogP contribution in [0.3, 0.4) is 0 Å². The normalized spacial score (nSPS) is 13.4. The van der Waals surface area contributed by atoms with Crippen LogP contribution in [0.25, 0.3) is 0 Å². The van der Waals surface area contributed by atoms with Gasteiger partial charge in [-0.15, -0.1) is 11.3 Å². The van der Waals surface area contributed by atoms with E-state index in [1.807, 2.05) is 11.3 Å². The van der Waals surface area contributed by atoms with Crippen molar-refractivity contribution >= 4 is 27.3 Å². The minimum atomic E-state index is 0.605. The molecule has 0 aliphatic carbocycles. The molecule has 1 aromatic heterocycles. The molecule has 0 spiro atoms. The first-order valence-electron chi connectivity index (χ1n) is 5.55. The molecule has 86 valence electrons. The van der Waals surface area contributed by atoms with Gasteiger partial charge in [0.05, 0.1) is 3.79 Å². The summed E-state index contributed by atoms with van der Waals surface area (Å²) in [7, 11) is 0. The molecule has 0 fully saturated rings. The van der Waals surface area contributed by atoms with Crippen LogP contribution in [0.15, 0.2) is 15.9 Å². The van der Waals surface area contributed by atoms with Gasteiger partial charge in [-0.2, -0.15) is 0 Å². The molecule has 1 unspecified atom stereocenters. The first-order valence-corrected chi connectivity index (χ1v) is 7.16. The fourth-order valence-corrected chi connectivity index (χ4v) is 3.17. The molecule has 0 bridgehead atoms. The van der Waals surface area contributed by atoms with E-state index >= 15 is 0 Å². The molecule has 0 radical (unpaired) electrons. The Labute approximate surface area is 105 Å². The van der Waals surface area contributed by atoms with Crippen molar-refractivity contribution in [3.8, 4) is 0 Å². The summed E-state index contributed by atoms with van der Waals surface area (Å²) in [4.78, 5) is 1.49. The number of hydrogen-bond donors (Lipinski definition) is 1. The number of rotatable bonds is 6. The molecule has 0 aliphatic heterocycles. The summed E-state index contributed by atoms with van der Waals surface area (Å²) in [5, 5.41) is 3.46. The monoisotopic (exact) mass is 289 g/mol. The van der Waals surface area contributed by atoms with Crippen LogP contribution in [0.1, 0.15) is 32.1 Å². The SMILES string of the molecule is CC(CCNC(C)C)Cc1ccc(Br)s1. The van der Waals surface area contributed by atoms with E-state index in [1.165, 1.54) is 21.5 Å². The second-order valence-electron chi connectivity index (χ2n) is 4.41. The lowest BCUT2D eigenvalue weighted by Gasteiger charge is -2.12. The van der Waals surface area contributed by atoms with Crippen LogP contribution in [-0.2, 0) is 6.42 Å². The molecule has 0 saturated heterocycles. The lowest BCUT2D eigenvalue weighted by molar-refractivity contribution is 0.478. The Kier molecular flexibility index (Phi) is 5.87. The zero-order valence-electron chi connectivity index (χ0n) is 9.72. The summed E-state index contributed by atoms with van der Waals surface area (Å²) in [6.07, 6.45) is 2.46. The average Bonchev–Trinajstić information content (AvgIpc) is 2.50. The van der Waals surface area contributed by atoms with Crippen LogP contribution in [0.4, 0.5) is 0 Å². The fraction of sp³-hybridized carbons (Fsp3) is 0.667. The Morgan fingerprint density at radius 3 is 2.60 bits per heavy atom. The molecule has 0 saturated carbocycles. The van der Waals surface area contributed by atoms with E-state index < -0.39 is 0 Å². The number of thiophene rings is 1. The van der Waals surface area contributed by atoms with E-state index in [1.54, 1.807) is 0 Å². The number of halogens is 1. The minimum Gasteiger partial charge on any atom is -0.315 e. The molecule has 1 rings (SSSR count). The third-order valence-electron chi connectivity index (χ3n) is 2.37. The highest BCUT2D eigenvalue weighted by Gasteiger charge is 2.05. The molecule has 1 aromatic rings. The number of hydrogen-bond acceptors (Lipinski definition) is 2. The van der Waals surface area contributed by atoms with Gasteiger partial charge < -0.3 is 5.32 Å². The highest BCUT2D eigenvalue weighted by molar-refractivity contribution is 9.11. The van der Waals surface area contributed by atoms with Crippen molar-refractivity contribution in [1.82, 2.24) is 5.32 Å². The van der Waals surface area contributed by atoms with Gasteiger partial charge in [-0.1, -0.05) is 20.8 Å². The van der Waals surface area contributed by atoms with Gasteiger partial charge >= 0.3 is 0 Å². The zero-order valence-corrected chi connectivity index (χ0v) is 12.1. The smallest absolute Gasteiger partial charge is 0.0701 e. The van der Waals surface area contributed by atoms with Crippen LogP contribution in [0, 0.1) is 5.92 Å². The summed E-state index contributed by atoms with van der Waals surface area (Å²) in [5.41, 5.74) is 0. The summed E-state index contributed by atoms with van der Waals surface area (Å²) in [6.45, 7) is 7.85. The van der Waals surface area contributed by atoms with Crippen LogP contribution in [-0.4, -0.2) is 12.6 Å². The van der Waals surface area contributed by atoms with Crippen molar-refractivity contribution in [3.63, 3.8) is 0 Å². The summed E-state index contributed by atoms with van der Waals surface area (Å²) in [5.74, 6) is 0.766. The number of nitrogens with one attached hydrogen (secondary N) is 1. The van der Waals surface area contributed by atoms with Gasteiger partial charge in [-0.25, -0.2) is 0 Å². The van der Waals surface area contributed by atoms with E-state index in [-0.39, 0.29) is 0 Å². The van der Waals surface area contributed by atoms with Crippen molar-refractivity contribution < 1.29 is 0 Å². The highest BCUT2D eigenvalue weighted by Crippen LogP contribution is 2.24. The Balaban J connectivity index is 2.21. The summed E-state index contributed by atoms with van der Waals surface area (Å²) < 4.78 is 1.24. The summed E-state index contributed by atoms with van der Waals surface area (Å²) in [6, 6.07) is 4.97. The fourth-order valence-electron chi connectivity index (χ4n) is 1.53. The molecule has 0 amide bonds. The average molecular weight is 290 g/mol. The van der Waals surface area contributed by atoms with Gasteiger partial charge in [0.1, 0.15) is 0 Å². The molecular formula is C12H20BrNS. The minimum absolute atomic E-state index is 0.605. The Morgan fingerprint density at radius 2 is 2.07 bits per heavy atom. The first kappa shape index (κ1) is 13.2. The third kappa shape index (κ3) is 5.69. The standard InChI is InChI=1S/C12H20BrNS/c1-9(2)14-7-6-10(3)8-11-4-5-12(13)15-11/h4-5,9-10,14H,6-8H2,1-3H3. The van der Waals surface area contributed by atoms with Crippen molar-refractivity contribution in [2.75, 3.05) is 6.54 Å². The predicted molar refractivity (Wildman–Crippen MR) is 72.6 cm³/mol. The molecule has 0 aromatic carbocycles. The Bertz CT molecular complexity index is 283. The summed E-state index contributed by atoms with van der Waals surface area (Å²) >= 11 is 5.35. The van der Waals surface area contributed by atoms with E-state index in [0.29, 0.717) is 6.04 Å². The predicted octanol–water partition coefficient (Wildman–Crippen LogP) is 4.08. The van der Waals surface area contributed by atoms with E-state index in [4.69, 9.17) is 0 Å². The molecule has 0 aliphatic rings. The van der Waals surface area contributed by atoms with Crippen molar-refractivity contribution in [3.05, 3.63) is 20.8 Å². The van der Waals surface area contributed by atoms with Gasteiger partial charge in [-0.3, -0.25) is 0 Å². The Hall–Kier alpha value is 0.140. The van der Waals surface area contributed by atoms with Gasteiger partial charge in [0, 0.05) is 10.9 Å². The van der Waals surface area contributed by atoms with E-state index in [9.17, 15) is 0 Å². The van der Waals surface area contributed by atoms with Crippen LogP contribution < -0.4 is 5.32 Å². The highest BCUT2D eigenvalue weighted by atomic mass is 79.9. The van der Waals surface area contributed by atoms with Crippen molar-refractivity contribution in [1.29, 1.82) is 0 Å². The van der Waals surface area contributed by atoms with Crippen molar-refractivity contribution in [2.24, 2.45) is 5.92 Å². The molecule has 3 heteroatoms. The van der Waals surface area contributed by atoms with E-state index in [0.717, 1.165) is 12.5 Å². The zero-order chi connectivity index (χ0) is 11.3. The molecule has 1 heterocycles. The second-order valence-corrected chi connectivity index (χ2v) is 6.96. The van der Waals surface area contributed by atoms with Gasteiger partial charge in [-0.05, 0) is 53.4 Å². The van der Waals surface area contributed by atoms with Gasteiger partial charge in [0.15, 0.2) is 0 Å². The first-order chi connectivity index (χ1) is 7.08. The Morgan fingerprint density at radius 1 is 1.33 bits per heavy atom. The maximum Gasteiger partial charge on any atom is 0.0701 e. The second kappa shape index (κ2) is 6.66. The largest absolute Gasteiger partial charge is 0.315 e. The molecule has 15 heavy (non-hydrogen) atoms. The van der Waals surface area contributed by atoms with E-state index in [2.05, 4.69) is 54.2 Å². The van der Waals surface area contributed by atoms with Crippen molar-refractivity contribution in [2.45, 2.75) is 39.7 Å². The van der Waals surface area contributed by atoms with Crippen LogP contribution in [0.5, 0.6) is 0 Å². The third-order valence-corrected chi connectivity index (χ3v) is 4.01. The maximum atomic E-state index is 3.50. The molecule has 1 N–H and O–H groups in total. The lowest BCUT2D eigenvalue weighted by atomic mass is 10.0. The lowest BCUT2D eigenvalue weighted by Crippen LogP contribution is -2.25. The van der Waals surface area contributed by atoms with Crippen LogP contribution >= 0.6 is 27.3 Å². The van der Waals surface area contributed by atoms with Gasteiger partial charge in [0.2, 0.25) is 0 Å². The maximum absolute atomic E-state index is 3.50. The van der Waals surface area contributed by atoms with Gasteiger partial charge in [0.25, 0.3) is 0 Å². The molecule has 1 nitrogen and oxygen atoms in total. The topological polar surface area (TPSA) is 12.0 Å². The quantitative estimate of drug-likeness (QED) is 0.832. The molecular weight excluding hydrogens is 270 g/mol.